The molecule has 0 aromatic heterocycles. The fourth-order valence-corrected chi connectivity index (χ4v) is 6.62. The molecule has 0 radical (unpaired) electrons. The second-order valence-corrected chi connectivity index (χ2v) is 12.6. The maximum absolute atomic E-state index is 13.7. The number of fused-ring (bicyclic) bond motifs is 1. The Labute approximate surface area is 227 Å². The van der Waals surface area contributed by atoms with E-state index in [1.54, 1.807) is 41.3 Å². The lowest BCUT2D eigenvalue weighted by Gasteiger charge is -2.39. The van der Waals surface area contributed by atoms with Crippen LogP contribution in [0.4, 0.5) is 5.69 Å². The van der Waals surface area contributed by atoms with Crippen molar-refractivity contribution in [3.63, 3.8) is 0 Å². The Morgan fingerprint density at radius 2 is 1.79 bits per heavy atom. The molecule has 1 heterocycles. The minimum Gasteiger partial charge on any atom is -0.486 e. The van der Waals surface area contributed by atoms with Crippen molar-refractivity contribution >= 4 is 21.6 Å². The predicted molar refractivity (Wildman–Crippen MR) is 149 cm³/mol. The van der Waals surface area contributed by atoms with Gasteiger partial charge in [0.05, 0.1) is 28.8 Å². The summed E-state index contributed by atoms with van der Waals surface area (Å²) in [6.45, 7) is 5.76. The summed E-state index contributed by atoms with van der Waals surface area (Å²) in [7, 11) is -1.79. The molecule has 2 aromatic rings. The molecular formula is C29H41N3O5S. The second kappa shape index (κ2) is 12.5. The zero-order valence-corrected chi connectivity index (χ0v) is 23.5. The van der Waals surface area contributed by atoms with Crippen molar-refractivity contribution in [1.29, 1.82) is 0 Å². The average Bonchev–Trinajstić information content (AvgIpc) is 2.91. The maximum atomic E-state index is 13.7. The average molecular weight is 544 g/mol. The third kappa shape index (κ3) is 6.68. The summed E-state index contributed by atoms with van der Waals surface area (Å²) >= 11 is 0. The van der Waals surface area contributed by atoms with Gasteiger partial charge in [0.25, 0.3) is 15.9 Å². The molecule has 0 unspecified atom stereocenters. The summed E-state index contributed by atoms with van der Waals surface area (Å²) in [6, 6.07) is 12.7. The number of amides is 1. The zero-order chi connectivity index (χ0) is 27.3. The number of para-hydroxylation sites is 1. The van der Waals surface area contributed by atoms with Crippen LogP contribution in [0.5, 0.6) is 5.75 Å². The molecule has 1 aliphatic heterocycles. The Morgan fingerprint density at radius 3 is 2.47 bits per heavy atom. The third-order valence-electron chi connectivity index (χ3n) is 7.78. The number of nitrogens with one attached hydrogen (secondary N) is 1. The van der Waals surface area contributed by atoms with Crippen molar-refractivity contribution in [1.82, 2.24) is 9.80 Å². The molecule has 2 aromatic carbocycles. The molecule has 0 saturated heterocycles. The smallest absolute Gasteiger partial charge is 0.262 e. The van der Waals surface area contributed by atoms with E-state index in [0.717, 1.165) is 6.54 Å². The van der Waals surface area contributed by atoms with Gasteiger partial charge < -0.3 is 19.6 Å². The van der Waals surface area contributed by atoms with E-state index < -0.39 is 10.0 Å². The van der Waals surface area contributed by atoms with E-state index in [9.17, 15) is 18.3 Å². The Balaban J connectivity index is 1.67. The Bertz CT molecular complexity index is 1180. The van der Waals surface area contributed by atoms with Crippen molar-refractivity contribution in [2.75, 3.05) is 38.0 Å². The van der Waals surface area contributed by atoms with E-state index in [2.05, 4.69) is 16.7 Å². The van der Waals surface area contributed by atoms with E-state index in [1.165, 1.54) is 44.2 Å². The summed E-state index contributed by atoms with van der Waals surface area (Å²) in [4.78, 5) is 17.8. The van der Waals surface area contributed by atoms with Crippen LogP contribution in [0.3, 0.4) is 0 Å². The van der Waals surface area contributed by atoms with E-state index in [4.69, 9.17) is 4.74 Å². The van der Waals surface area contributed by atoms with Gasteiger partial charge in [0.1, 0.15) is 6.10 Å². The second-order valence-electron chi connectivity index (χ2n) is 10.9. The molecule has 1 amide bonds. The number of carbonyl (C=O) groups excluding carboxylic acids is 1. The molecule has 1 aliphatic carbocycles. The van der Waals surface area contributed by atoms with Crippen LogP contribution < -0.4 is 9.46 Å². The molecule has 208 valence electrons. The summed E-state index contributed by atoms with van der Waals surface area (Å²) in [5, 5.41) is 9.90. The van der Waals surface area contributed by atoms with Gasteiger partial charge in [-0.25, -0.2) is 8.42 Å². The molecule has 1 fully saturated rings. The fourth-order valence-electron chi connectivity index (χ4n) is 5.54. The highest BCUT2D eigenvalue weighted by atomic mass is 32.2. The van der Waals surface area contributed by atoms with Crippen molar-refractivity contribution in [2.45, 2.75) is 63.0 Å². The molecule has 3 atom stereocenters. The Hall–Kier alpha value is -2.62. The van der Waals surface area contributed by atoms with Gasteiger partial charge in [0, 0.05) is 25.6 Å². The van der Waals surface area contributed by atoms with Gasteiger partial charge in [-0.2, -0.15) is 0 Å². The number of hydrogen-bond donors (Lipinski definition) is 2. The first-order valence-corrected chi connectivity index (χ1v) is 15.2. The molecule has 0 bridgehead atoms. The number of likely N-dealkylation sites (N-methyl/N-ethyl adjacent to an activating group) is 1. The van der Waals surface area contributed by atoms with Crippen molar-refractivity contribution in [3.8, 4) is 5.75 Å². The molecule has 9 heteroatoms. The van der Waals surface area contributed by atoms with E-state index >= 15 is 0 Å². The van der Waals surface area contributed by atoms with Crippen molar-refractivity contribution < 1.29 is 23.1 Å². The largest absolute Gasteiger partial charge is 0.486 e. The molecule has 4 rings (SSSR count). The Kier molecular flexibility index (Phi) is 9.33. The number of sulfonamides is 1. The first kappa shape index (κ1) is 28.4. The van der Waals surface area contributed by atoms with Crippen LogP contribution in [0.15, 0.2) is 53.4 Å². The molecule has 8 nitrogen and oxygen atoms in total. The number of benzene rings is 2. The van der Waals surface area contributed by atoms with Crippen LogP contribution in [0, 0.1) is 11.8 Å². The highest BCUT2D eigenvalue weighted by molar-refractivity contribution is 7.92. The lowest BCUT2D eigenvalue weighted by atomic mass is 9.89. The first-order valence-electron chi connectivity index (χ1n) is 13.7. The number of hydrogen-bond acceptors (Lipinski definition) is 6. The third-order valence-corrected chi connectivity index (χ3v) is 9.16. The normalized spacial score (nSPS) is 21.8. The standard InChI is InChI=1S/C29H41N3O5S/c1-21-17-32(22(2)20-33)29(34)25-15-10-16-26(30-38(35,36)24-13-8-5-9-14-24)28(25)37-27(21)19-31(3)18-23-11-6-4-7-12-23/h5,8-10,13-16,21-23,27,30,33H,4,6-7,11-12,17-20H2,1-3H3/t21-,22+,27-/m1/s1. The minimum atomic E-state index is -3.90. The molecule has 0 spiro atoms. The Morgan fingerprint density at radius 1 is 1.08 bits per heavy atom. The van der Waals surface area contributed by atoms with Crippen molar-refractivity contribution in [3.05, 3.63) is 54.1 Å². The first-order chi connectivity index (χ1) is 18.2. The van der Waals surface area contributed by atoms with E-state index in [-0.39, 0.29) is 52.5 Å². The van der Waals surface area contributed by atoms with Gasteiger partial charge in [-0.3, -0.25) is 9.52 Å². The van der Waals surface area contributed by atoms with Crippen LogP contribution in [-0.2, 0) is 10.0 Å². The van der Waals surface area contributed by atoms with Gasteiger partial charge >= 0.3 is 0 Å². The molecule has 2 aliphatic rings. The topological polar surface area (TPSA) is 99.2 Å². The highest BCUT2D eigenvalue weighted by Crippen LogP contribution is 2.36. The summed E-state index contributed by atoms with van der Waals surface area (Å²) in [5.41, 5.74) is 0.510. The van der Waals surface area contributed by atoms with Gasteiger partial charge in [-0.15, -0.1) is 0 Å². The molecule has 2 N–H and O–H groups in total. The maximum Gasteiger partial charge on any atom is 0.262 e. The number of aliphatic hydroxyl groups excluding tert-OH is 1. The molecular weight excluding hydrogens is 502 g/mol. The minimum absolute atomic E-state index is 0.0475. The van der Waals surface area contributed by atoms with Crippen LogP contribution in [0.2, 0.25) is 0 Å². The summed E-state index contributed by atoms with van der Waals surface area (Å²) < 4.78 is 35.6. The van der Waals surface area contributed by atoms with Crippen LogP contribution in [0.1, 0.15) is 56.3 Å². The molecule has 1 saturated carbocycles. The summed E-state index contributed by atoms with van der Waals surface area (Å²) in [5.74, 6) is 0.567. The van der Waals surface area contributed by atoms with E-state index in [1.807, 2.05) is 13.8 Å². The summed E-state index contributed by atoms with van der Waals surface area (Å²) in [6.07, 6.45) is 6.08. The zero-order valence-electron chi connectivity index (χ0n) is 22.7. The number of rotatable bonds is 9. The van der Waals surface area contributed by atoms with Gasteiger partial charge in [-0.05, 0) is 57.0 Å². The van der Waals surface area contributed by atoms with Gasteiger partial charge in [0.15, 0.2) is 5.75 Å². The lowest BCUT2D eigenvalue weighted by molar-refractivity contribution is 0.0333. The van der Waals surface area contributed by atoms with Gasteiger partial charge in [-0.1, -0.05) is 50.5 Å². The molecule has 38 heavy (non-hydrogen) atoms. The van der Waals surface area contributed by atoms with Crippen LogP contribution in [-0.4, -0.2) is 74.7 Å². The van der Waals surface area contributed by atoms with E-state index in [0.29, 0.717) is 19.0 Å². The predicted octanol–water partition coefficient (Wildman–Crippen LogP) is 4.22. The fraction of sp³-hybridized carbons (Fsp3) is 0.552. The van der Waals surface area contributed by atoms with Crippen LogP contribution >= 0.6 is 0 Å². The number of ether oxygens (including phenoxy) is 1. The number of carbonyl (C=O) groups is 1. The SMILES string of the molecule is C[C@@H]1CN([C@@H](C)CO)C(=O)c2cccc(NS(=O)(=O)c3ccccc3)c2O[C@@H]1CN(C)CC1CCCCC1. The van der Waals surface area contributed by atoms with Crippen LogP contribution in [0.25, 0.3) is 0 Å². The highest BCUT2D eigenvalue weighted by Gasteiger charge is 2.35. The quantitative estimate of drug-likeness (QED) is 0.491. The number of aliphatic hydroxyl groups is 1. The monoisotopic (exact) mass is 543 g/mol. The number of nitrogens with zero attached hydrogens (tertiary/aromatic N) is 2. The van der Waals surface area contributed by atoms with Gasteiger partial charge in [0.2, 0.25) is 0 Å². The van der Waals surface area contributed by atoms with Crippen molar-refractivity contribution in [2.24, 2.45) is 11.8 Å². The number of anilines is 1. The lowest BCUT2D eigenvalue weighted by Crippen LogP contribution is -2.50.